The third-order valence-corrected chi connectivity index (χ3v) is 6.29. The van der Waals surface area contributed by atoms with Crippen LogP contribution in [0.1, 0.15) is 34.3 Å². The van der Waals surface area contributed by atoms with Gasteiger partial charge >= 0.3 is 0 Å². The van der Waals surface area contributed by atoms with E-state index in [1.807, 2.05) is 24.3 Å². The molecule has 10 heteroatoms. The van der Waals surface area contributed by atoms with Crippen LogP contribution in [0.15, 0.2) is 36.5 Å². The molecular formula is C23H24N6O4. The van der Waals surface area contributed by atoms with E-state index in [9.17, 15) is 19.2 Å². The van der Waals surface area contributed by atoms with Crippen LogP contribution in [-0.4, -0.2) is 59.2 Å². The van der Waals surface area contributed by atoms with Crippen molar-refractivity contribution in [1.82, 2.24) is 20.5 Å². The van der Waals surface area contributed by atoms with E-state index in [1.54, 1.807) is 22.1 Å². The minimum Gasteiger partial charge on any atom is -0.366 e. The molecule has 5 rings (SSSR count). The van der Waals surface area contributed by atoms with Gasteiger partial charge in [0, 0.05) is 38.2 Å². The summed E-state index contributed by atoms with van der Waals surface area (Å²) in [5.74, 6) is -0.229. The number of anilines is 2. The molecule has 1 aromatic carbocycles. The maximum absolute atomic E-state index is 13.0. The molecule has 2 aromatic rings. The number of amides is 4. The Morgan fingerprint density at radius 3 is 2.76 bits per heavy atom. The predicted molar refractivity (Wildman–Crippen MR) is 119 cm³/mol. The quantitative estimate of drug-likeness (QED) is 0.566. The van der Waals surface area contributed by atoms with E-state index in [4.69, 9.17) is 0 Å². The third-order valence-electron chi connectivity index (χ3n) is 6.29. The van der Waals surface area contributed by atoms with E-state index in [0.29, 0.717) is 44.0 Å². The molecular weight excluding hydrogens is 424 g/mol. The lowest BCUT2D eigenvalue weighted by molar-refractivity contribution is -0.137. The Hall–Kier alpha value is -3.79. The number of hydrogen-bond acceptors (Lipinski definition) is 7. The number of hydrogen-bond donors (Lipinski definition) is 3. The first-order valence-corrected chi connectivity index (χ1v) is 11.0. The lowest BCUT2D eigenvalue weighted by Crippen LogP contribution is -2.52. The summed E-state index contributed by atoms with van der Waals surface area (Å²) in [5.41, 5.74) is 3.17. The van der Waals surface area contributed by atoms with Gasteiger partial charge in [-0.3, -0.25) is 24.5 Å². The fourth-order valence-corrected chi connectivity index (χ4v) is 4.53. The molecule has 170 valence electrons. The number of carbonyl (C=O) groups is 4. The lowest BCUT2D eigenvalue weighted by Gasteiger charge is -2.29. The Balaban J connectivity index is 1.27. The maximum Gasteiger partial charge on any atom is 0.255 e. The number of piperidine rings is 1. The molecule has 0 aliphatic carbocycles. The largest absolute Gasteiger partial charge is 0.366 e. The van der Waals surface area contributed by atoms with Crippen LogP contribution in [0.2, 0.25) is 0 Å². The molecule has 4 heterocycles. The SMILES string of the molecule is O=C1CCC(N2Cc3c(CNc4ccc(N5CCNCC5=O)cn4)cccc3C2=O)C(=O)N1. The summed E-state index contributed by atoms with van der Waals surface area (Å²) in [6.07, 6.45) is 2.24. The second-order valence-corrected chi connectivity index (χ2v) is 8.32. The Morgan fingerprint density at radius 2 is 2.00 bits per heavy atom. The Morgan fingerprint density at radius 1 is 1.12 bits per heavy atom. The number of fused-ring (bicyclic) bond motifs is 1. The Kier molecular flexibility index (Phi) is 5.51. The predicted octanol–water partition coefficient (Wildman–Crippen LogP) is 0.391. The van der Waals surface area contributed by atoms with Gasteiger partial charge in [0.25, 0.3) is 5.91 Å². The van der Waals surface area contributed by atoms with Crippen LogP contribution in [-0.2, 0) is 27.5 Å². The Bertz CT molecular complexity index is 1130. The van der Waals surface area contributed by atoms with Crippen molar-refractivity contribution in [3.63, 3.8) is 0 Å². The molecule has 0 radical (unpaired) electrons. The number of imide groups is 1. The fourth-order valence-electron chi connectivity index (χ4n) is 4.53. The highest BCUT2D eigenvalue weighted by molar-refractivity contribution is 6.05. The number of nitrogens with zero attached hydrogens (tertiary/aromatic N) is 3. The number of rotatable bonds is 5. The van der Waals surface area contributed by atoms with Crippen molar-refractivity contribution in [2.45, 2.75) is 32.0 Å². The molecule has 33 heavy (non-hydrogen) atoms. The summed E-state index contributed by atoms with van der Waals surface area (Å²) < 4.78 is 0. The van der Waals surface area contributed by atoms with Crippen molar-refractivity contribution in [3.8, 4) is 0 Å². The molecule has 10 nitrogen and oxygen atoms in total. The van der Waals surface area contributed by atoms with E-state index in [2.05, 4.69) is 20.9 Å². The van der Waals surface area contributed by atoms with Crippen LogP contribution in [0, 0.1) is 0 Å². The van der Waals surface area contributed by atoms with Gasteiger partial charge in [-0.15, -0.1) is 0 Å². The van der Waals surface area contributed by atoms with Crippen LogP contribution in [0.25, 0.3) is 0 Å². The molecule has 0 spiro atoms. The summed E-state index contributed by atoms with van der Waals surface area (Å²) in [5, 5.41) is 8.65. The van der Waals surface area contributed by atoms with E-state index < -0.39 is 11.9 Å². The minimum absolute atomic E-state index is 0.0221. The van der Waals surface area contributed by atoms with E-state index >= 15 is 0 Å². The molecule has 0 bridgehead atoms. The second kappa shape index (κ2) is 8.62. The van der Waals surface area contributed by atoms with Crippen LogP contribution in [0.4, 0.5) is 11.5 Å². The fraction of sp³-hybridized carbons (Fsp3) is 0.348. The highest BCUT2D eigenvalue weighted by Gasteiger charge is 2.39. The number of aromatic nitrogens is 1. The van der Waals surface area contributed by atoms with Crippen LogP contribution in [0.3, 0.4) is 0 Å². The van der Waals surface area contributed by atoms with Gasteiger partial charge in [-0.25, -0.2) is 4.98 Å². The van der Waals surface area contributed by atoms with E-state index in [-0.39, 0.29) is 24.1 Å². The standard InChI is InChI=1S/C23H24N6O4/c30-20-7-5-18(22(32)27-20)29-13-17-14(2-1-3-16(17)23(29)33)10-25-19-6-4-15(11-26-19)28-9-8-24-12-21(28)31/h1-4,6,11,18,24H,5,7-10,12-13H2,(H,25,26)(H,27,30,32). The first kappa shape index (κ1) is 21.1. The molecule has 0 saturated carbocycles. The van der Waals surface area contributed by atoms with Crippen molar-refractivity contribution >= 4 is 35.1 Å². The average Bonchev–Trinajstić information content (AvgIpc) is 3.15. The molecule has 3 N–H and O–H groups in total. The van der Waals surface area contributed by atoms with Gasteiger partial charge in [-0.1, -0.05) is 12.1 Å². The van der Waals surface area contributed by atoms with Crippen molar-refractivity contribution in [2.75, 3.05) is 29.9 Å². The van der Waals surface area contributed by atoms with Gasteiger partial charge in [0.2, 0.25) is 17.7 Å². The van der Waals surface area contributed by atoms with E-state index in [1.165, 1.54) is 0 Å². The molecule has 1 unspecified atom stereocenters. The van der Waals surface area contributed by atoms with Crippen LogP contribution < -0.4 is 20.9 Å². The smallest absolute Gasteiger partial charge is 0.255 e. The molecule has 3 aliphatic heterocycles. The van der Waals surface area contributed by atoms with Gasteiger partial charge in [0.15, 0.2) is 0 Å². The molecule has 2 fully saturated rings. The number of piperazine rings is 1. The minimum atomic E-state index is -0.634. The van der Waals surface area contributed by atoms with Gasteiger partial charge < -0.3 is 20.4 Å². The van der Waals surface area contributed by atoms with Crippen LogP contribution >= 0.6 is 0 Å². The highest BCUT2D eigenvalue weighted by Crippen LogP contribution is 2.30. The molecule has 4 amide bonds. The number of nitrogens with one attached hydrogen (secondary N) is 3. The monoisotopic (exact) mass is 448 g/mol. The first-order chi connectivity index (χ1) is 16.0. The maximum atomic E-state index is 13.0. The molecule has 3 aliphatic rings. The zero-order chi connectivity index (χ0) is 22.9. The van der Waals surface area contributed by atoms with Crippen molar-refractivity contribution in [3.05, 3.63) is 53.2 Å². The van der Waals surface area contributed by atoms with Gasteiger partial charge in [0.05, 0.1) is 18.4 Å². The number of pyridine rings is 1. The average molecular weight is 448 g/mol. The summed E-state index contributed by atoms with van der Waals surface area (Å²) >= 11 is 0. The summed E-state index contributed by atoms with van der Waals surface area (Å²) in [6, 6.07) is 8.60. The molecule has 1 aromatic heterocycles. The van der Waals surface area contributed by atoms with Gasteiger partial charge in [-0.05, 0) is 35.7 Å². The normalized spacial score (nSPS) is 20.7. The van der Waals surface area contributed by atoms with E-state index in [0.717, 1.165) is 23.4 Å². The number of carbonyl (C=O) groups excluding carboxylic acids is 4. The molecule has 2 saturated heterocycles. The van der Waals surface area contributed by atoms with Crippen molar-refractivity contribution in [1.29, 1.82) is 0 Å². The van der Waals surface area contributed by atoms with Gasteiger partial charge in [0.1, 0.15) is 11.9 Å². The van der Waals surface area contributed by atoms with Crippen molar-refractivity contribution in [2.24, 2.45) is 0 Å². The zero-order valence-electron chi connectivity index (χ0n) is 18.0. The lowest BCUT2D eigenvalue weighted by atomic mass is 10.0. The summed E-state index contributed by atoms with van der Waals surface area (Å²) in [4.78, 5) is 56.4. The number of benzene rings is 1. The summed E-state index contributed by atoms with van der Waals surface area (Å²) in [7, 11) is 0. The van der Waals surface area contributed by atoms with Crippen molar-refractivity contribution < 1.29 is 19.2 Å². The Labute approximate surface area is 190 Å². The molecule has 1 atom stereocenters. The second-order valence-electron chi connectivity index (χ2n) is 8.32. The topological polar surface area (TPSA) is 124 Å². The van der Waals surface area contributed by atoms with Crippen LogP contribution in [0.5, 0.6) is 0 Å². The third kappa shape index (κ3) is 4.05. The van der Waals surface area contributed by atoms with Gasteiger partial charge in [-0.2, -0.15) is 0 Å². The zero-order valence-corrected chi connectivity index (χ0v) is 18.0. The highest BCUT2D eigenvalue weighted by atomic mass is 16.2. The summed E-state index contributed by atoms with van der Waals surface area (Å²) in [6.45, 7) is 2.47. The first-order valence-electron chi connectivity index (χ1n) is 11.0.